The first-order valence-electron chi connectivity index (χ1n) is 8.16. The summed E-state index contributed by atoms with van der Waals surface area (Å²) in [5.41, 5.74) is 0.0682. The number of halogens is 3. The molecule has 0 aromatic carbocycles. The highest BCUT2D eigenvalue weighted by Crippen LogP contribution is 2.30. The van der Waals surface area contributed by atoms with Crippen LogP contribution in [0.2, 0.25) is 0 Å². The predicted octanol–water partition coefficient (Wildman–Crippen LogP) is 3.04. The zero-order valence-corrected chi connectivity index (χ0v) is 13.9. The minimum absolute atomic E-state index is 0.0901. The second-order valence-electron chi connectivity index (χ2n) is 6.15. The van der Waals surface area contributed by atoms with E-state index in [1.807, 2.05) is 6.92 Å². The zero-order chi connectivity index (χ0) is 18.3. The Labute approximate surface area is 147 Å². The number of hydrogen-bond donors (Lipinski definition) is 0. The molecule has 0 N–H and O–H groups in total. The summed E-state index contributed by atoms with van der Waals surface area (Å²) in [6, 6.07) is 4.13. The van der Waals surface area contributed by atoms with Crippen molar-refractivity contribution in [3.8, 4) is 11.5 Å². The highest BCUT2D eigenvalue weighted by molar-refractivity contribution is 5.59. The molecule has 3 aromatic heterocycles. The first kappa shape index (κ1) is 16.8. The minimum Gasteiger partial charge on any atom is -0.375 e. The SMILES string of the molecule is CC1CN(c2ccnc(-c3cnc4ccc(C(F)(F)F)cn34)n2)CCO1. The highest BCUT2D eigenvalue weighted by Gasteiger charge is 2.31. The number of aromatic nitrogens is 4. The van der Waals surface area contributed by atoms with Gasteiger partial charge in [-0.05, 0) is 25.1 Å². The number of hydrogen-bond acceptors (Lipinski definition) is 5. The lowest BCUT2D eigenvalue weighted by atomic mass is 10.2. The van der Waals surface area contributed by atoms with Crippen molar-refractivity contribution in [3.05, 3.63) is 42.4 Å². The Kier molecular flexibility index (Phi) is 4.03. The van der Waals surface area contributed by atoms with Gasteiger partial charge in [-0.1, -0.05) is 0 Å². The van der Waals surface area contributed by atoms with Gasteiger partial charge >= 0.3 is 6.18 Å². The van der Waals surface area contributed by atoms with Crippen LogP contribution in [-0.4, -0.2) is 45.2 Å². The van der Waals surface area contributed by atoms with Gasteiger partial charge < -0.3 is 9.64 Å². The molecule has 4 heterocycles. The van der Waals surface area contributed by atoms with Crippen molar-refractivity contribution in [3.63, 3.8) is 0 Å². The van der Waals surface area contributed by atoms with Gasteiger partial charge in [-0.25, -0.2) is 15.0 Å². The number of rotatable bonds is 2. The van der Waals surface area contributed by atoms with Crippen LogP contribution >= 0.6 is 0 Å². The third-order valence-electron chi connectivity index (χ3n) is 4.27. The predicted molar refractivity (Wildman–Crippen MR) is 88.8 cm³/mol. The van der Waals surface area contributed by atoms with E-state index in [4.69, 9.17) is 4.74 Å². The largest absolute Gasteiger partial charge is 0.417 e. The fraction of sp³-hybridized carbons (Fsp3) is 0.353. The molecule has 26 heavy (non-hydrogen) atoms. The first-order chi connectivity index (χ1) is 12.4. The highest BCUT2D eigenvalue weighted by atomic mass is 19.4. The number of nitrogens with zero attached hydrogens (tertiary/aromatic N) is 5. The van der Waals surface area contributed by atoms with Crippen LogP contribution in [0.15, 0.2) is 36.8 Å². The van der Waals surface area contributed by atoms with Crippen LogP contribution in [-0.2, 0) is 10.9 Å². The molecule has 0 radical (unpaired) electrons. The van der Waals surface area contributed by atoms with Crippen molar-refractivity contribution in [2.75, 3.05) is 24.6 Å². The van der Waals surface area contributed by atoms with E-state index in [1.165, 1.54) is 16.7 Å². The normalized spacial score (nSPS) is 18.5. The Balaban J connectivity index is 1.74. The molecule has 6 nitrogen and oxygen atoms in total. The van der Waals surface area contributed by atoms with Crippen LogP contribution < -0.4 is 4.90 Å². The fourth-order valence-corrected chi connectivity index (χ4v) is 2.99. The van der Waals surface area contributed by atoms with Gasteiger partial charge in [0.2, 0.25) is 0 Å². The lowest BCUT2D eigenvalue weighted by Gasteiger charge is -2.32. The summed E-state index contributed by atoms with van der Waals surface area (Å²) in [6.45, 7) is 3.98. The van der Waals surface area contributed by atoms with E-state index in [0.717, 1.165) is 12.3 Å². The van der Waals surface area contributed by atoms with E-state index >= 15 is 0 Å². The Hall–Kier alpha value is -2.68. The van der Waals surface area contributed by atoms with Gasteiger partial charge in [-0.15, -0.1) is 0 Å². The molecule has 136 valence electrons. The van der Waals surface area contributed by atoms with Gasteiger partial charge in [0.25, 0.3) is 0 Å². The van der Waals surface area contributed by atoms with Gasteiger partial charge in [0.1, 0.15) is 17.2 Å². The molecule has 0 bridgehead atoms. The molecule has 4 rings (SSSR count). The third kappa shape index (κ3) is 3.10. The van der Waals surface area contributed by atoms with Crippen LogP contribution in [0.5, 0.6) is 0 Å². The molecule has 1 atom stereocenters. The summed E-state index contributed by atoms with van der Waals surface area (Å²) in [5.74, 6) is 1.04. The number of alkyl halides is 3. The summed E-state index contributed by atoms with van der Waals surface area (Å²) < 4.78 is 45.9. The van der Waals surface area contributed by atoms with E-state index in [2.05, 4.69) is 19.9 Å². The molecule has 1 saturated heterocycles. The van der Waals surface area contributed by atoms with E-state index in [9.17, 15) is 13.2 Å². The maximum absolute atomic E-state index is 13.0. The average molecular weight is 363 g/mol. The Morgan fingerprint density at radius 1 is 1.19 bits per heavy atom. The molecular weight excluding hydrogens is 347 g/mol. The van der Waals surface area contributed by atoms with Crippen LogP contribution in [0.3, 0.4) is 0 Å². The van der Waals surface area contributed by atoms with E-state index in [0.29, 0.717) is 42.7 Å². The standard InChI is InChI=1S/C17H16F3N5O/c1-11-9-24(6-7-26-11)15-4-5-21-16(23-15)13-8-22-14-3-2-12(10-25(13)14)17(18,19)20/h2-5,8,10-11H,6-7,9H2,1H3. The van der Waals surface area contributed by atoms with Crippen molar-refractivity contribution < 1.29 is 17.9 Å². The maximum atomic E-state index is 13.0. The average Bonchev–Trinajstić information content (AvgIpc) is 3.04. The van der Waals surface area contributed by atoms with Crippen molar-refractivity contribution in [2.24, 2.45) is 0 Å². The van der Waals surface area contributed by atoms with Gasteiger partial charge in [0.15, 0.2) is 5.82 Å². The lowest BCUT2D eigenvalue weighted by molar-refractivity contribution is -0.137. The zero-order valence-electron chi connectivity index (χ0n) is 13.9. The number of anilines is 1. The maximum Gasteiger partial charge on any atom is 0.417 e. The number of fused-ring (bicyclic) bond motifs is 1. The molecule has 0 saturated carbocycles. The van der Waals surface area contributed by atoms with Crippen LogP contribution in [0.4, 0.5) is 19.0 Å². The molecule has 9 heteroatoms. The molecule has 1 aliphatic heterocycles. The van der Waals surface area contributed by atoms with Crippen LogP contribution in [0.1, 0.15) is 12.5 Å². The Bertz CT molecular complexity index is 940. The number of imidazole rings is 1. The lowest BCUT2D eigenvalue weighted by Crippen LogP contribution is -2.41. The monoisotopic (exact) mass is 363 g/mol. The number of morpholine rings is 1. The van der Waals surface area contributed by atoms with Crippen molar-refractivity contribution in [1.29, 1.82) is 0 Å². The van der Waals surface area contributed by atoms with Gasteiger partial charge in [-0.3, -0.25) is 4.40 Å². The number of ether oxygens (including phenoxy) is 1. The quantitative estimate of drug-likeness (QED) is 0.701. The van der Waals surface area contributed by atoms with Crippen LogP contribution in [0, 0.1) is 0 Å². The molecule has 1 unspecified atom stereocenters. The summed E-state index contributed by atoms with van der Waals surface area (Å²) in [6.07, 6.45) is -0.235. The van der Waals surface area contributed by atoms with Crippen LogP contribution in [0.25, 0.3) is 17.2 Å². The molecule has 0 amide bonds. The van der Waals surface area contributed by atoms with E-state index in [-0.39, 0.29) is 6.10 Å². The van der Waals surface area contributed by atoms with Crippen molar-refractivity contribution >= 4 is 11.5 Å². The molecule has 3 aromatic rings. The van der Waals surface area contributed by atoms with Gasteiger partial charge in [-0.2, -0.15) is 13.2 Å². The first-order valence-corrected chi connectivity index (χ1v) is 8.16. The van der Waals surface area contributed by atoms with E-state index < -0.39 is 11.7 Å². The number of pyridine rings is 1. The fourth-order valence-electron chi connectivity index (χ4n) is 2.99. The minimum atomic E-state index is -4.43. The Morgan fingerprint density at radius 2 is 2.04 bits per heavy atom. The Morgan fingerprint density at radius 3 is 2.81 bits per heavy atom. The topological polar surface area (TPSA) is 55.6 Å². The molecular formula is C17H16F3N5O. The van der Waals surface area contributed by atoms with Gasteiger partial charge in [0, 0.05) is 25.5 Å². The smallest absolute Gasteiger partial charge is 0.375 e. The molecule has 1 fully saturated rings. The van der Waals surface area contributed by atoms with Gasteiger partial charge in [0.05, 0.1) is 24.5 Å². The second-order valence-corrected chi connectivity index (χ2v) is 6.15. The van der Waals surface area contributed by atoms with E-state index in [1.54, 1.807) is 12.3 Å². The molecule has 0 spiro atoms. The third-order valence-corrected chi connectivity index (χ3v) is 4.27. The van der Waals surface area contributed by atoms with Crippen molar-refractivity contribution in [1.82, 2.24) is 19.4 Å². The summed E-state index contributed by atoms with van der Waals surface area (Å²) in [7, 11) is 0. The summed E-state index contributed by atoms with van der Waals surface area (Å²) in [4.78, 5) is 15.0. The molecule has 1 aliphatic rings. The molecule has 0 aliphatic carbocycles. The summed E-state index contributed by atoms with van der Waals surface area (Å²) in [5, 5.41) is 0. The van der Waals surface area contributed by atoms with Crippen molar-refractivity contribution in [2.45, 2.75) is 19.2 Å². The summed E-state index contributed by atoms with van der Waals surface area (Å²) >= 11 is 0. The second kappa shape index (κ2) is 6.24.